The molecule has 0 bridgehead atoms. The number of nitrogens with zero attached hydrogens (tertiary/aromatic N) is 2. The molecule has 0 saturated carbocycles. The van der Waals surface area contributed by atoms with Crippen LogP contribution in [-0.2, 0) is 13.0 Å². The molecule has 0 aromatic carbocycles. The third-order valence-electron chi connectivity index (χ3n) is 2.99. The van der Waals surface area contributed by atoms with E-state index in [1.165, 1.54) is 5.56 Å². The normalized spacial score (nSPS) is 11.2. The molecule has 0 spiro atoms. The summed E-state index contributed by atoms with van der Waals surface area (Å²) in [6.07, 6.45) is 2.10. The van der Waals surface area contributed by atoms with Crippen molar-refractivity contribution in [3.8, 4) is 0 Å². The minimum atomic E-state index is 0.728. The molecule has 1 heterocycles. The van der Waals surface area contributed by atoms with Crippen LogP contribution >= 0.6 is 0 Å². The Balaban J connectivity index is 2.20. The van der Waals surface area contributed by atoms with Crippen LogP contribution in [0.4, 0.5) is 0 Å². The van der Waals surface area contributed by atoms with Crippen molar-refractivity contribution < 1.29 is 0 Å². The number of aromatic nitrogens is 2. The Labute approximate surface area is 117 Å². The predicted octanol–water partition coefficient (Wildman–Crippen LogP) is 2.07. The molecule has 0 aliphatic carbocycles. The Morgan fingerprint density at radius 3 is 2.58 bits per heavy atom. The van der Waals surface area contributed by atoms with Crippen LogP contribution in [-0.4, -0.2) is 29.8 Å². The second-order valence-corrected chi connectivity index (χ2v) is 5.44. The first-order chi connectivity index (χ1) is 9.13. The van der Waals surface area contributed by atoms with Gasteiger partial charge in [-0.05, 0) is 56.9 Å². The van der Waals surface area contributed by atoms with Crippen molar-refractivity contribution in [2.45, 2.75) is 47.1 Å². The Hall–Kier alpha value is -1.00. The molecule has 2 N–H and O–H groups in total. The molecule has 0 aliphatic heterocycles. The summed E-state index contributed by atoms with van der Waals surface area (Å²) in [6.45, 7) is 12.7. The highest BCUT2D eigenvalue weighted by atomic mass is 15.1. The summed E-state index contributed by atoms with van der Waals surface area (Å²) >= 11 is 0. The maximum Gasteiger partial charge on any atom is 0.0673 e. The highest BCUT2D eigenvalue weighted by Gasteiger charge is 2.03. The van der Waals surface area contributed by atoms with Gasteiger partial charge in [0.2, 0.25) is 0 Å². The van der Waals surface area contributed by atoms with E-state index in [0.717, 1.165) is 56.3 Å². The number of hydrogen-bond acceptors (Lipinski definition) is 4. The van der Waals surface area contributed by atoms with Gasteiger partial charge in [0.1, 0.15) is 0 Å². The van der Waals surface area contributed by atoms with Crippen molar-refractivity contribution in [1.29, 1.82) is 0 Å². The minimum Gasteiger partial charge on any atom is -0.316 e. The third-order valence-corrected chi connectivity index (χ3v) is 2.99. The Kier molecular flexibility index (Phi) is 7.60. The number of nitrogens with one attached hydrogen (secondary N) is 2. The molecule has 19 heavy (non-hydrogen) atoms. The molecule has 1 aromatic rings. The van der Waals surface area contributed by atoms with Gasteiger partial charge in [0.25, 0.3) is 0 Å². The highest BCUT2D eigenvalue weighted by molar-refractivity contribution is 5.20. The zero-order chi connectivity index (χ0) is 14.1. The van der Waals surface area contributed by atoms with Crippen LogP contribution in [0, 0.1) is 12.8 Å². The molecule has 108 valence electrons. The maximum atomic E-state index is 4.24. The number of aryl methyl sites for hydroxylation is 2. The molecule has 0 atom stereocenters. The van der Waals surface area contributed by atoms with Crippen LogP contribution in [0.25, 0.3) is 0 Å². The first-order valence-corrected chi connectivity index (χ1v) is 7.37. The third kappa shape index (κ3) is 6.64. The number of hydrogen-bond donors (Lipinski definition) is 2. The van der Waals surface area contributed by atoms with Gasteiger partial charge in [-0.2, -0.15) is 10.2 Å². The second kappa shape index (κ2) is 8.99. The molecule has 0 amide bonds. The van der Waals surface area contributed by atoms with Gasteiger partial charge < -0.3 is 10.6 Å². The zero-order valence-electron chi connectivity index (χ0n) is 12.8. The Bertz CT molecular complexity index is 363. The summed E-state index contributed by atoms with van der Waals surface area (Å²) in [7, 11) is 0. The first-order valence-electron chi connectivity index (χ1n) is 7.37. The van der Waals surface area contributed by atoms with E-state index in [-0.39, 0.29) is 0 Å². The van der Waals surface area contributed by atoms with Gasteiger partial charge in [0.05, 0.1) is 11.4 Å². The highest BCUT2D eigenvalue weighted by Crippen LogP contribution is 2.06. The molecule has 1 rings (SSSR count). The monoisotopic (exact) mass is 264 g/mol. The van der Waals surface area contributed by atoms with Crippen LogP contribution in [0.1, 0.15) is 44.1 Å². The molecule has 0 unspecified atom stereocenters. The van der Waals surface area contributed by atoms with Gasteiger partial charge in [-0.25, -0.2) is 0 Å². The van der Waals surface area contributed by atoms with Crippen LogP contribution in [0.3, 0.4) is 0 Å². The summed E-state index contributed by atoms with van der Waals surface area (Å²) in [5.41, 5.74) is 3.38. The van der Waals surface area contributed by atoms with E-state index in [0.29, 0.717) is 0 Å². The Morgan fingerprint density at radius 2 is 1.89 bits per heavy atom. The summed E-state index contributed by atoms with van der Waals surface area (Å²) in [5, 5.41) is 15.3. The molecule has 1 aromatic heterocycles. The predicted molar refractivity (Wildman–Crippen MR) is 80.2 cm³/mol. The molecule has 4 heteroatoms. The van der Waals surface area contributed by atoms with Gasteiger partial charge in [-0.3, -0.25) is 0 Å². The van der Waals surface area contributed by atoms with Gasteiger partial charge in [0.15, 0.2) is 0 Å². The fourth-order valence-corrected chi connectivity index (χ4v) is 1.97. The van der Waals surface area contributed by atoms with Gasteiger partial charge in [0, 0.05) is 6.54 Å². The van der Waals surface area contributed by atoms with E-state index in [4.69, 9.17) is 0 Å². The summed E-state index contributed by atoms with van der Waals surface area (Å²) < 4.78 is 0. The molecule has 0 aliphatic rings. The van der Waals surface area contributed by atoms with E-state index in [2.05, 4.69) is 47.7 Å². The standard InChI is InChI=1S/C15H28N4/c1-5-15-14(9-13(4)18-19-15)11-17-8-6-7-16-10-12(2)3/h9,12,16-17H,5-8,10-11H2,1-4H3. The molecular formula is C15H28N4. The van der Waals surface area contributed by atoms with Crippen molar-refractivity contribution in [2.75, 3.05) is 19.6 Å². The molecule has 4 nitrogen and oxygen atoms in total. The lowest BCUT2D eigenvalue weighted by Gasteiger charge is -2.10. The first kappa shape index (κ1) is 16.1. The van der Waals surface area contributed by atoms with E-state index in [9.17, 15) is 0 Å². The average Bonchev–Trinajstić information content (AvgIpc) is 2.37. The molecule has 0 saturated heterocycles. The quantitative estimate of drug-likeness (QED) is 0.670. The van der Waals surface area contributed by atoms with Gasteiger partial charge in [-0.1, -0.05) is 20.8 Å². The SMILES string of the molecule is CCc1nnc(C)cc1CNCCCNCC(C)C. The molecule has 0 fully saturated rings. The summed E-state index contributed by atoms with van der Waals surface area (Å²) in [6, 6.07) is 2.13. The topological polar surface area (TPSA) is 49.8 Å². The lowest BCUT2D eigenvalue weighted by molar-refractivity contribution is 0.529. The summed E-state index contributed by atoms with van der Waals surface area (Å²) in [4.78, 5) is 0. The molecular weight excluding hydrogens is 236 g/mol. The second-order valence-electron chi connectivity index (χ2n) is 5.44. The molecule has 0 radical (unpaired) electrons. The fraction of sp³-hybridized carbons (Fsp3) is 0.733. The van der Waals surface area contributed by atoms with E-state index in [1.54, 1.807) is 0 Å². The van der Waals surface area contributed by atoms with Crippen LogP contribution in [0.2, 0.25) is 0 Å². The number of rotatable bonds is 9. The van der Waals surface area contributed by atoms with Crippen LogP contribution < -0.4 is 10.6 Å². The summed E-state index contributed by atoms with van der Waals surface area (Å²) in [5.74, 6) is 0.728. The van der Waals surface area contributed by atoms with E-state index >= 15 is 0 Å². The maximum absolute atomic E-state index is 4.24. The van der Waals surface area contributed by atoms with E-state index in [1.807, 2.05) is 6.92 Å². The van der Waals surface area contributed by atoms with Crippen LogP contribution in [0.5, 0.6) is 0 Å². The lowest BCUT2D eigenvalue weighted by atomic mass is 10.1. The Morgan fingerprint density at radius 1 is 1.16 bits per heavy atom. The fourth-order valence-electron chi connectivity index (χ4n) is 1.97. The zero-order valence-corrected chi connectivity index (χ0v) is 12.8. The van der Waals surface area contributed by atoms with Crippen LogP contribution in [0.15, 0.2) is 6.07 Å². The van der Waals surface area contributed by atoms with Crippen molar-refractivity contribution in [3.05, 3.63) is 23.0 Å². The van der Waals surface area contributed by atoms with Crippen molar-refractivity contribution in [3.63, 3.8) is 0 Å². The van der Waals surface area contributed by atoms with Gasteiger partial charge >= 0.3 is 0 Å². The van der Waals surface area contributed by atoms with E-state index < -0.39 is 0 Å². The van der Waals surface area contributed by atoms with Crippen molar-refractivity contribution in [1.82, 2.24) is 20.8 Å². The average molecular weight is 264 g/mol. The lowest BCUT2D eigenvalue weighted by Crippen LogP contribution is -2.25. The minimum absolute atomic E-state index is 0.728. The largest absolute Gasteiger partial charge is 0.316 e. The smallest absolute Gasteiger partial charge is 0.0673 e. The van der Waals surface area contributed by atoms with Crippen molar-refractivity contribution >= 4 is 0 Å². The van der Waals surface area contributed by atoms with Gasteiger partial charge in [-0.15, -0.1) is 0 Å². The van der Waals surface area contributed by atoms with Crippen molar-refractivity contribution in [2.24, 2.45) is 5.92 Å².